The molecule has 1 aromatic heterocycles. The Balaban J connectivity index is 2.95. The monoisotopic (exact) mass is 239 g/mol. The zero-order valence-electron chi connectivity index (χ0n) is 8.36. The fourth-order valence-electron chi connectivity index (χ4n) is 1.44. The number of halogens is 1. The number of carbonyl (C=O) groups excluding carboxylic acids is 1. The van der Waals surface area contributed by atoms with E-state index in [1.54, 1.807) is 0 Å². The van der Waals surface area contributed by atoms with Gasteiger partial charge in [-0.15, -0.1) is 0 Å². The van der Waals surface area contributed by atoms with E-state index in [1.807, 2.05) is 0 Å². The van der Waals surface area contributed by atoms with E-state index in [4.69, 9.17) is 5.73 Å². The number of amides is 1. The molecule has 0 aliphatic heterocycles. The molecule has 0 spiro atoms. The zero-order valence-corrected chi connectivity index (χ0v) is 8.36. The maximum atomic E-state index is 12.8. The minimum atomic E-state index is -1.27. The summed E-state index contributed by atoms with van der Waals surface area (Å²) < 4.78 is 22.0. The van der Waals surface area contributed by atoms with E-state index >= 15 is 0 Å². The first-order valence-electron chi connectivity index (χ1n) is 4.50. The molecule has 0 saturated carbocycles. The van der Waals surface area contributed by atoms with Crippen molar-refractivity contribution >= 4 is 17.1 Å². The van der Waals surface area contributed by atoms with Gasteiger partial charge in [0.05, 0.1) is 0 Å². The van der Waals surface area contributed by atoms with E-state index in [0.717, 1.165) is 0 Å². The molecule has 0 saturated heterocycles. The summed E-state index contributed by atoms with van der Waals surface area (Å²) in [5.41, 5.74) is 1.82. The van der Waals surface area contributed by atoms with Crippen LogP contribution in [0.2, 0.25) is 0 Å². The van der Waals surface area contributed by atoms with Gasteiger partial charge in [0.25, 0.3) is 0 Å². The third-order valence-electron chi connectivity index (χ3n) is 2.19. The molecule has 1 heterocycles. The molecule has 17 heavy (non-hydrogen) atoms. The molecule has 2 rings (SSSR count). The Labute approximate surface area is 92.4 Å². The van der Waals surface area contributed by atoms with Crippen LogP contribution in [0.1, 0.15) is 15.9 Å². The minimum absolute atomic E-state index is 0.118. The van der Waals surface area contributed by atoms with Gasteiger partial charge in [0.2, 0.25) is 5.91 Å². The summed E-state index contributed by atoms with van der Waals surface area (Å²) in [4.78, 5) is 32.9. The standard InChI is InChI=1S/C10H6FNO5/c11-3-5-4(8(12)13)1-2-6-7(5)17-10(15)9(14)16-6/h1-2H,3H2,(H2,12,13). The summed E-state index contributed by atoms with van der Waals surface area (Å²) in [6.45, 7) is -1.08. The number of primary amides is 1. The lowest BCUT2D eigenvalue weighted by atomic mass is 10.1. The quantitative estimate of drug-likeness (QED) is 0.759. The van der Waals surface area contributed by atoms with E-state index < -0.39 is 23.8 Å². The van der Waals surface area contributed by atoms with E-state index in [0.29, 0.717) is 0 Å². The smallest absolute Gasteiger partial charge is 0.414 e. The van der Waals surface area contributed by atoms with Gasteiger partial charge in [-0.25, -0.2) is 14.0 Å². The first-order valence-corrected chi connectivity index (χ1v) is 4.50. The maximum absolute atomic E-state index is 12.8. The number of nitrogens with two attached hydrogens (primary N) is 1. The topological polar surface area (TPSA) is 104 Å². The normalized spacial score (nSPS) is 10.6. The van der Waals surface area contributed by atoms with Crippen LogP contribution in [0.3, 0.4) is 0 Å². The highest BCUT2D eigenvalue weighted by Crippen LogP contribution is 2.21. The average Bonchev–Trinajstić information content (AvgIpc) is 2.29. The van der Waals surface area contributed by atoms with Crippen molar-refractivity contribution in [3.8, 4) is 0 Å². The molecule has 1 amide bonds. The van der Waals surface area contributed by atoms with Gasteiger partial charge in [-0.3, -0.25) is 4.79 Å². The van der Waals surface area contributed by atoms with E-state index in [-0.39, 0.29) is 22.3 Å². The van der Waals surface area contributed by atoms with Gasteiger partial charge in [-0.2, -0.15) is 0 Å². The molecule has 1 aromatic carbocycles. The number of rotatable bonds is 2. The molecule has 0 fully saturated rings. The second kappa shape index (κ2) is 3.85. The Morgan fingerprint density at radius 2 is 1.88 bits per heavy atom. The zero-order chi connectivity index (χ0) is 12.6. The van der Waals surface area contributed by atoms with Crippen LogP contribution >= 0.6 is 0 Å². The van der Waals surface area contributed by atoms with Crippen molar-refractivity contribution in [1.82, 2.24) is 0 Å². The summed E-state index contributed by atoms with van der Waals surface area (Å²) in [5, 5.41) is 0. The average molecular weight is 239 g/mol. The molecular weight excluding hydrogens is 233 g/mol. The highest BCUT2D eigenvalue weighted by molar-refractivity contribution is 5.98. The lowest BCUT2D eigenvalue weighted by Gasteiger charge is -2.04. The van der Waals surface area contributed by atoms with Crippen LogP contribution < -0.4 is 17.0 Å². The molecule has 0 aliphatic rings. The molecule has 0 aliphatic carbocycles. The largest absolute Gasteiger partial charge is 0.423 e. The third-order valence-corrected chi connectivity index (χ3v) is 2.19. The fraction of sp³-hybridized carbons (Fsp3) is 0.100. The molecule has 7 heteroatoms. The van der Waals surface area contributed by atoms with Gasteiger partial charge >= 0.3 is 11.3 Å². The van der Waals surface area contributed by atoms with Crippen LogP contribution in [0.25, 0.3) is 11.2 Å². The van der Waals surface area contributed by atoms with Crippen molar-refractivity contribution in [2.45, 2.75) is 6.67 Å². The number of fused-ring (bicyclic) bond motifs is 1. The number of carbonyl (C=O) groups is 1. The number of alkyl halides is 1. The lowest BCUT2D eigenvalue weighted by molar-refractivity contribution is 0.0998. The summed E-state index contributed by atoms with van der Waals surface area (Å²) in [7, 11) is 0. The van der Waals surface area contributed by atoms with Crippen molar-refractivity contribution in [1.29, 1.82) is 0 Å². The Morgan fingerprint density at radius 3 is 2.47 bits per heavy atom. The second-order valence-electron chi connectivity index (χ2n) is 3.20. The number of benzene rings is 1. The summed E-state index contributed by atoms with van der Waals surface area (Å²) in [6.07, 6.45) is 0. The van der Waals surface area contributed by atoms with Crippen LogP contribution in [-0.4, -0.2) is 5.91 Å². The Kier molecular flexibility index (Phi) is 2.51. The van der Waals surface area contributed by atoms with E-state index in [9.17, 15) is 18.8 Å². The Bertz CT molecular complexity index is 715. The van der Waals surface area contributed by atoms with Crippen LogP contribution in [0.5, 0.6) is 0 Å². The van der Waals surface area contributed by atoms with Crippen LogP contribution in [0, 0.1) is 0 Å². The molecule has 0 radical (unpaired) electrons. The number of hydrogen-bond acceptors (Lipinski definition) is 5. The fourth-order valence-corrected chi connectivity index (χ4v) is 1.44. The van der Waals surface area contributed by atoms with Gasteiger partial charge in [-0.1, -0.05) is 0 Å². The van der Waals surface area contributed by atoms with Crippen molar-refractivity contribution < 1.29 is 18.0 Å². The second-order valence-corrected chi connectivity index (χ2v) is 3.20. The van der Waals surface area contributed by atoms with Crippen molar-refractivity contribution in [2.75, 3.05) is 0 Å². The lowest BCUT2D eigenvalue weighted by Crippen LogP contribution is -2.22. The summed E-state index contributed by atoms with van der Waals surface area (Å²) in [6, 6.07) is 2.40. The highest BCUT2D eigenvalue weighted by atomic mass is 19.1. The van der Waals surface area contributed by atoms with Gasteiger partial charge < -0.3 is 14.6 Å². The van der Waals surface area contributed by atoms with Gasteiger partial charge in [0, 0.05) is 11.1 Å². The molecule has 0 unspecified atom stereocenters. The molecular formula is C10H6FNO5. The summed E-state index contributed by atoms with van der Waals surface area (Å²) >= 11 is 0. The van der Waals surface area contributed by atoms with Crippen molar-refractivity contribution in [2.24, 2.45) is 5.73 Å². The Hall–Kier alpha value is -2.44. The van der Waals surface area contributed by atoms with Crippen molar-refractivity contribution in [3.63, 3.8) is 0 Å². The first-order chi connectivity index (χ1) is 8.04. The third kappa shape index (κ3) is 1.71. The van der Waals surface area contributed by atoms with Crippen LogP contribution in [-0.2, 0) is 6.67 Å². The van der Waals surface area contributed by atoms with Gasteiger partial charge in [-0.05, 0) is 12.1 Å². The van der Waals surface area contributed by atoms with E-state index in [1.165, 1.54) is 12.1 Å². The van der Waals surface area contributed by atoms with Crippen LogP contribution in [0.15, 0.2) is 30.6 Å². The molecule has 2 aromatic rings. The molecule has 6 nitrogen and oxygen atoms in total. The summed E-state index contributed by atoms with van der Waals surface area (Å²) in [5.74, 6) is -0.867. The van der Waals surface area contributed by atoms with E-state index in [2.05, 4.69) is 8.83 Å². The first kappa shape index (κ1) is 11.1. The molecule has 88 valence electrons. The molecule has 0 bridgehead atoms. The predicted octanol–water partition coefficient (Wildman–Crippen LogP) is 0.315. The molecule has 2 N–H and O–H groups in total. The van der Waals surface area contributed by atoms with Gasteiger partial charge in [0.1, 0.15) is 6.67 Å². The Morgan fingerprint density at radius 1 is 1.24 bits per heavy atom. The minimum Gasteiger partial charge on any atom is -0.414 e. The van der Waals surface area contributed by atoms with Crippen LogP contribution in [0.4, 0.5) is 4.39 Å². The van der Waals surface area contributed by atoms with Crippen molar-refractivity contribution in [3.05, 3.63) is 44.1 Å². The molecule has 0 atom stereocenters. The highest BCUT2D eigenvalue weighted by Gasteiger charge is 2.16. The number of hydrogen-bond donors (Lipinski definition) is 1. The predicted molar refractivity (Wildman–Crippen MR) is 54.3 cm³/mol. The van der Waals surface area contributed by atoms with Gasteiger partial charge in [0.15, 0.2) is 11.2 Å². The SMILES string of the molecule is NC(=O)c1ccc2oc(=O)c(=O)oc2c1CF. The maximum Gasteiger partial charge on any atom is 0.423 e.